The van der Waals surface area contributed by atoms with E-state index in [1.165, 1.54) is 12.3 Å². The van der Waals surface area contributed by atoms with Crippen molar-refractivity contribution >= 4 is 31.8 Å². The molecule has 2 heterocycles. The van der Waals surface area contributed by atoms with Crippen molar-refractivity contribution in [3.05, 3.63) is 40.7 Å². The molecule has 0 aliphatic heterocycles. The van der Waals surface area contributed by atoms with Crippen LogP contribution in [0.25, 0.3) is 0 Å². The van der Waals surface area contributed by atoms with Gasteiger partial charge >= 0.3 is 0 Å². The van der Waals surface area contributed by atoms with Crippen LogP contribution in [0.1, 0.15) is 24.5 Å². The Morgan fingerprint density at radius 3 is 2.74 bits per heavy atom. The highest BCUT2D eigenvalue weighted by Gasteiger charge is 2.26. The Kier molecular flexibility index (Phi) is 3.10. The van der Waals surface area contributed by atoms with Crippen LogP contribution in [-0.4, -0.2) is 13.4 Å². The number of pyridine rings is 1. The Bertz CT molecular complexity index is 707. The Morgan fingerprint density at radius 1 is 1.32 bits per heavy atom. The van der Waals surface area contributed by atoms with Crippen molar-refractivity contribution in [3.63, 3.8) is 0 Å². The molecule has 2 aromatic rings. The molecule has 100 valence electrons. The summed E-state index contributed by atoms with van der Waals surface area (Å²) in [6, 6.07) is 6.87. The van der Waals surface area contributed by atoms with Crippen molar-refractivity contribution in [1.29, 1.82) is 0 Å². The topological polar surface area (TPSA) is 72.2 Å². The number of sulfonamides is 1. The maximum absolute atomic E-state index is 12.1. The van der Waals surface area contributed by atoms with Gasteiger partial charge in [0, 0.05) is 11.6 Å². The summed E-state index contributed by atoms with van der Waals surface area (Å²) in [5.41, 5.74) is 0.929. The van der Waals surface area contributed by atoms with Gasteiger partial charge in [-0.3, -0.25) is 4.72 Å². The van der Waals surface area contributed by atoms with Crippen LogP contribution < -0.4 is 4.72 Å². The van der Waals surface area contributed by atoms with Crippen LogP contribution >= 0.6 is 15.9 Å². The van der Waals surface area contributed by atoms with E-state index in [0.29, 0.717) is 16.2 Å². The van der Waals surface area contributed by atoms with Crippen LogP contribution in [0.15, 0.2) is 44.5 Å². The fourth-order valence-electron chi connectivity index (χ4n) is 1.77. The lowest BCUT2D eigenvalue weighted by Crippen LogP contribution is -2.14. The van der Waals surface area contributed by atoms with E-state index in [2.05, 4.69) is 25.6 Å². The summed E-state index contributed by atoms with van der Waals surface area (Å²) in [5.74, 6) is 0.785. The highest BCUT2D eigenvalue weighted by atomic mass is 79.9. The minimum absolute atomic E-state index is 0.147. The zero-order chi connectivity index (χ0) is 13.5. The first-order chi connectivity index (χ1) is 9.06. The fourth-order valence-corrected chi connectivity index (χ4v) is 3.60. The maximum atomic E-state index is 12.1. The quantitative estimate of drug-likeness (QED) is 0.926. The molecule has 1 fully saturated rings. The van der Waals surface area contributed by atoms with Gasteiger partial charge in [0.05, 0.1) is 10.7 Å². The summed E-state index contributed by atoms with van der Waals surface area (Å²) in [5, 5.41) is -0.147. The summed E-state index contributed by atoms with van der Waals surface area (Å²) < 4.78 is 32.0. The number of furan rings is 1. The molecule has 1 aliphatic rings. The molecule has 0 saturated heterocycles. The van der Waals surface area contributed by atoms with E-state index in [-0.39, 0.29) is 5.09 Å². The summed E-state index contributed by atoms with van der Waals surface area (Å²) in [7, 11) is -3.75. The highest BCUT2D eigenvalue weighted by Crippen LogP contribution is 2.39. The summed E-state index contributed by atoms with van der Waals surface area (Å²) in [6.45, 7) is 0. The van der Waals surface area contributed by atoms with Gasteiger partial charge < -0.3 is 4.42 Å². The van der Waals surface area contributed by atoms with Crippen LogP contribution in [0.5, 0.6) is 0 Å². The molecule has 7 heteroatoms. The minimum Gasteiger partial charge on any atom is -0.450 e. The van der Waals surface area contributed by atoms with Crippen molar-refractivity contribution in [2.45, 2.75) is 23.9 Å². The van der Waals surface area contributed by atoms with E-state index in [9.17, 15) is 8.42 Å². The smallest absolute Gasteiger partial charge is 0.297 e. The molecule has 1 saturated carbocycles. The molecule has 0 spiro atoms. The average molecular weight is 343 g/mol. The van der Waals surface area contributed by atoms with Gasteiger partial charge in [0.1, 0.15) is 5.82 Å². The van der Waals surface area contributed by atoms with Gasteiger partial charge in [-0.25, -0.2) is 4.98 Å². The lowest BCUT2D eigenvalue weighted by atomic mass is 10.2. The third kappa shape index (κ3) is 2.66. The van der Waals surface area contributed by atoms with Gasteiger partial charge in [-0.2, -0.15) is 8.42 Å². The third-order valence-electron chi connectivity index (χ3n) is 2.83. The molecule has 1 aliphatic carbocycles. The van der Waals surface area contributed by atoms with Gasteiger partial charge in [0.25, 0.3) is 15.1 Å². The van der Waals surface area contributed by atoms with Crippen molar-refractivity contribution < 1.29 is 12.8 Å². The molecular weight excluding hydrogens is 332 g/mol. The second-order valence-electron chi connectivity index (χ2n) is 4.38. The van der Waals surface area contributed by atoms with Crippen LogP contribution in [-0.2, 0) is 10.0 Å². The number of aromatic nitrogens is 1. The number of rotatable bonds is 4. The summed E-state index contributed by atoms with van der Waals surface area (Å²) in [6.07, 6.45) is 3.55. The van der Waals surface area contributed by atoms with Crippen LogP contribution in [0.4, 0.5) is 5.82 Å². The monoisotopic (exact) mass is 342 g/mol. The molecule has 0 atom stereocenters. The van der Waals surface area contributed by atoms with Gasteiger partial charge in [-0.1, -0.05) is 6.07 Å². The fraction of sp³-hybridized carbons (Fsp3) is 0.250. The third-order valence-corrected chi connectivity index (χ3v) is 5.00. The molecule has 0 aromatic carbocycles. The summed E-state index contributed by atoms with van der Waals surface area (Å²) in [4.78, 5) is 4.31. The van der Waals surface area contributed by atoms with Gasteiger partial charge in [0.2, 0.25) is 0 Å². The minimum atomic E-state index is -3.75. The molecule has 1 N–H and O–H groups in total. The van der Waals surface area contributed by atoms with Crippen molar-refractivity contribution in [2.75, 3.05) is 4.72 Å². The number of anilines is 1. The molecule has 0 bridgehead atoms. The molecule has 0 radical (unpaired) electrons. The molecule has 3 rings (SSSR count). The lowest BCUT2D eigenvalue weighted by Gasteiger charge is -2.06. The van der Waals surface area contributed by atoms with E-state index < -0.39 is 10.0 Å². The number of nitrogens with one attached hydrogen (secondary N) is 1. The molecule has 2 aromatic heterocycles. The second kappa shape index (κ2) is 4.64. The zero-order valence-electron chi connectivity index (χ0n) is 9.84. The largest absolute Gasteiger partial charge is 0.450 e. The lowest BCUT2D eigenvalue weighted by molar-refractivity contribution is 0.449. The second-order valence-corrected chi connectivity index (χ2v) is 6.82. The molecular formula is C12H11BrN2O3S. The number of hydrogen-bond donors (Lipinski definition) is 1. The normalized spacial score (nSPS) is 15.4. The Hall–Kier alpha value is -1.34. The predicted octanol–water partition coefficient (Wildman–Crippen LogP) is 3.12. The van der Waals surface area contributed by atoms with Crippen molar-refractivity contribution in [1.82, 2.24) is 4.98 Å². The SMILES string of the molecule is O=S(=O)(Nc1cccc(C2CC2)n1)c1occc1Br. The first kappa shape index (κ1) is 12.7. The molecule has 19 heavy (non-hydrogen) atoms. The van der Waals surface area contributed by atoms with E-state index >= 15 is 0 Å². The van der Waals surface area contributed by atoms with Crippen LogP contribution in [0.2, 0.25) is 0 Å². The van der Waals surface area contributed by atoms with E-state index in [0.717, 1.165) is 18.5 Å². The van der Waals surface area contributed by atoms with Crippen LogP contribution in [0, 0.1) is 0 Å². The van der Waals surface area contributed by atoms with E-state index in [4.69, 9.17) is 4.42 Å². The van der Waals surface area contributed by atoms with Gasteiger partial charge in [0.15, 0.2) is 0 Å². The number of hydrogen-bond acceptors (Lipinski definition) is 4. The first-order valence-electron chi connectivity index (χ1n) is 5.79. The Labute approximate surface area is 119 Å². The van der Waals surface area contributed by atoms with Gasteiger partial charge in [-0.15, -0.1) is 0 Å². The highest BCUT2D eigenvalue weighted by molar-refractivity contribution is 9.10. The molecule has 0 amide bonds. The molecule has 5 nitrogen and oxygen atoms in total. The van der Waals surface area contributed by atoms with Crippen LogP contribution in [0.3, 0.4) is 0 Å². The zero-order valence-corrected chi connectivity index (χ0v) is 12.2. The maximum Gasteiger partial charge on any atom is 0.297 e. The summed E-state index contributed by atoms with van der Waals surface area (Å²) >= 11 is 3.13. The van der Waals surface area contributed by atoms with E-state index in [1.54, 1.807) is 12.1 Å². The first-order valence-corrected chi connectivity index (χ1v) is 8.06. The number of nitrogens with zero attached hydrogens (tertiary/aromatic N) is 1. The van der Waals surface area contributed by atoms with Gasteiger partial charge in [-0.05, 0) is 47.0 Å². The Morgan fingerprint density at radius 2 is 2.11 bits per heavy atom. The average Bonchev–Trinajstić information content (AvgIpc) is 3.11. The van der Waals surface area contributed by atoms with Crippen molar-refractivity contribution in [3.8, 4) is 0 Å². The predicted molar refractivity (Wildman–Crippen MR) is 73.4 cm³/mol. The standard InChI is InChI=1S/C12H11BrN2O3S/c13-9-6-7-18-12(9)19(16,17)15-11-3-1-2-10(14-11)8-4-5-8/h1-3,6-8H,4-5H2,(H,14,15). The van der Waals surface area contributed by atoms with Crippen molar-refractivity contribution in [2.24, 2.45) is 0 Å². The van der Waals surface area contributed by atoms with E-state index in [1.807, 2.05) is 6.07 Å². The Balaban J connectivity index is 1.88. The molecule has 0 unspecified atom stereocenters. The number of halogens is 1.